The van der Waals surface area contributed by atoms with Crippen molar-refractivity contribution in [1.82, 2.24) is 0 Å². The van der Waals surface area contributed by atoms with Crippen molar-refractivity contribution in [2.45, 2.75) is 38.1 Å². The van der Waals surface area contributed by atoms with Crippen molar-refractivity contribution in [1.29, 1.82) is 0 Å². The van der Waals surface area contributed by atoms with Gasteiger partial charge in [0.15, 0.2) is 0 Å². The second-order valence-corrected chi connectivity index (χ2v) is 31.7. The van der Waals surface area contributed by atoms with Gasteiger partial charge in [-0.15, -0.1) is 0 Å². The van der Waals surface area contributed by atoms with Crippen molar-refractivity contribution in [2.24, 2.45) is 0 Å². The molecule has 3 heteroatoms. The standard InChI is InChI=1S/C14H24Ge2O/c1-15(2,3)14(16(4,5)6)13(17)12-10-8-7-9-11-12/h7-11,14H,1-6H3. The monoisotopic (exact) mass is 356 g/mol. The molecule has 0 spiro atoms. The molecule has 0 radical (unpaired) electrons. The summed E-state index contributed by atoms with van der Waals surface area (Å²) in [4.78, 5) is 12.7. The fourth-order valence-corrected chi connectivity index (χ4v) is 40.6. The molecule has 0 bridgehead atoms. The number of benzene rings is 1. The van der Waals surface area contributed by atoms with Gasteiger partial charge in [0.25, 0.3) is 0 Å². The van der Waals surface area contributed by atoms with E-state index < -0.39 is 26.5 Å². The van der Waals surface area contributed by atoms with Gasteiger partial charge in [-0.1, -0.05) is 0 Å². The number of carbonyl (C=O) groups is 1. The summed E-state index contributed by atoms with van der Waals surface area (Å²) in [6.07, 6.45) is 0. The van der Waals surface area contributed by atoms with Crippen LogP contribution in [0.15, 0.2) is 30.3 Å². The van der Waals surface area contributed by atoms with Crippen molar-refractivity contribution in [3.8, 4) is 0 Å². The number of ketones is 1. The molecule has 0 saturated carbocycles. The number of hydrogen-bond donors (Lipinski definition) is 0. The summed E-state index contributed by atoms with van der Waals surface area (Å²) in [5, 5.41) is 0. The molecule has 0 aliphatic heterocycles. The summed E-state index contributed by atoms with van der Waals surface area (Å²) in [7, 11) is 0. The topological polar surface area (TPSA) is 17.1 Å². The van der Waals surface area contributed by atoms with Crippen LogP contribution in [0, 0.1) is 0 Å². The molecular weight excluding hydrogens is 329 g/mol. The Hall–Kier alpha value is -0.0243. The maximum absolute atomic E-state index is 12.7. The molecule has 1 rings (SSSR count). The maximum atomic E-state index is 12.7. The normalized spacial score (nSPS) is 12.9. The summed E-state index contributed by atoms with van der Waals surface area (Å²) >= 11 is -3.91. The molecule has 0 unspecified atom stereocenters. The molecule has 0 fully saturated rings. The van der Waals surface area contributed by atoms with E-state index in [0.29, 0.717) is 9.37 Å². The van der Waals surface area contributed by atoms with Gasteiger partial charge in [0.2, 0.25) is 0 Å². The second-order valence-electron chi connectivity index (χ2n) is 6.90. The minimum atomic E-state index is -1.96. The van der Waals surface area contributed by atoms with E-state index in [-0.39, 0.29) is 0 Å². The zero-order valence-corrected chi connectivity index (χ0v) is 16.1. The molecular formula is C14H24Ge2O. The predicted molar refractivity (Wildman–Crippen MR) is 81.2 cm³/mol. The van der Waals surface area contributed by atoms with Gasteiger partial charge in [-0.25, -0.2) is 0 Å². The van der Waals surface area contributed by atoms with Crippen molar-refractivity contribution in [3.05, 3.63) is 35.9 Å². The van der Waals surface area contributed by atoms with Crippen LogP contribution in [0.4, 0.5) is 0 Å². The third-order valence-corrected chi connectivity index (χ3v) is 30.3. The summed E-state index contributed by atoms with van der Waals surface area (Å²) in [5.74, 6) is 14.7. The molecule has 1 aromatic rings. The van der Waals surface area contributed by atoms with Crippen LogP contribution in [-0.4, -0.2) is 32.3 Å². The van der Waals surface area contributed by atoms with Gasteiger partial charge in [0.05, 0.1) is 0 Å². The van der Waals surface area contributed by atoms with Crippen LogP contribution >= 0.6 is 0 Å². The SMILES string of the molecule is [CH3][Ge]([CH3])([CH3])[CH](C(=O)c1ccccc1)[Ge]([CH3])([CH3])[CH3]. The Morgan fingerprint density at radius 3 is 1.65 bits per heavy atom. The molecule has 1 nitrogen and oxygen atoms in total. The Morgan fingerprint density at radius 2 is 1.29 bits per heavy atom. The Bertz CT molecular complexity index is 371. The third-order valence-electron chi connectivity index (χ3n) is 3.05. The number of Topliss-reactive ketones (excluding diaryl/α,β-unsaturated/α-hetero) is 1. The van der Waals surface area contributed by atoms with E-state index in [1.165, 1.54) is 0 Å². The Morgan fingerprint density at radius 1 is 0.882 bits per heavy atom. The fraction of sp³-hybridized carbons (Fsp3) is 0.500. The van der Waals surface area contributed by atoms with Crippen molar-refractivity contribution in [2.75, 3.05) is 0 Å². The van der Waals surface area contributed by atoms with E-state index in [1.54, 1.807) is 0 Å². The fourth-order valence-electron chi connectivity index (χ4n) is 2.85. The number of rotatable bonds is 4. The van der Waals surface area contributed by atoms with Gasteiger partial charge in [-0.3, -0.25) is 0 Å². The van der Waals surface area contributed by atoms with Gasteiger partial charge in [-0.05, 0) is 0 Å². The summed E-state index contributed by atoms with van der Waals surface area (Å²) < 4.78 is 0.400. The van der Waals surface area contributed by atoms with Gasteiger partial charge in [0.1, 0.15) is 0 Å². The average Bonchev–Trinajstić information content (AvgIpc) is 2.14. The second kappa shape index (κ2) is 5.31. The zero-order valence-electron chi connectivity index (χ0n) is 11.9. The molecule has 94 valence electrons. The summed E-state index contributed by atoms with van der Waals surface area (Å²) in [6.45, 7) is 0. The molecule has 0 aliphatic carbocycles. The summed E-state index contributed by atoms with van der Waals surface area (Å²) in [6, 6.07) is 9.85. The van der Waals surface area contributed by atoms with E-state index in [0.717, 1.165) is 5.56 Å². The molecule has 1 aromatic carbocycles. The first-order chi connectivity index (χ1) is 7.64. The van der Waals surface area contributed by atoms with Crippen LogP contribution in [0.1, 0.15) is 10.4 Å². The van der Waals surface area contributed by atoms with E-state index in [2.05, 4.69) is 34.5 Å². The first kappa shape index (κ1) is 15.0. The third kappa shape index (κ3) is 3.99. The van der Waals surface area contributed by atoms with Crippen molar-refractivity contribution >= 4 is 32.3 Å². The van der Waals surface area contributed by atoms with Crippen LogP contribution in [0.2, 0.25) is 38.1 Å². The van der Waals surface area contributed by atoms with E-state index in [1.807, 2.05) is 30.3 Å². The Kier molecular flexibility index (Phi) is 4.70. The van der Waals surface area contributed by atoms with Crippen LogP contribution in [0.5, 0.6) is 0 Å². The quantitative estimate of drug-likeness (QED) is 0.577. The molecule has 0 heterocycles. The van der Waals surface area contributed by atoms with E-state index >= 15 is 0 Å². The molecule has 0 amide bonds. The number of carbonyl (C=O) groups excluding carboxylic acids is 1. The van der Waals surface area contributed by atoms with Crippen molar-refractivity contribution in [3.63, 3.8) is 0 Å². The predicted octanol–water partition coefficient (Wildman–Crippen LogP) is 4.46. The van der Waals surface area contributed by atoms with Gasteiger partial charge >= 0.3 is 111 Å². The van der Waals surface area contributed by atoms with Crippen LogP contribution in [0.3, 0.4) is 0 Å². The van der Waals surface area contributed by atoms with Gasteiger partial charge in [0, 0.05) is 0 Å². The first-order valence-electron chi connectivity index (χ1n) is 6.23. The molecule has 0 aliphatic rings. The van der Waals surface area contributed by atoms with Crippen LogP contribution in [-0.2, 0) is 0 Å². The van der Waals surface area contributed by atoms with Gasteiger partial charge < -0.3 is 0 Å². The zero-order chi connectivity index (χ0) is 13.3. The van der Waals surface area contributed by atoms with Crippen LogP contribution < -0.4 is 0 Å². The van der Waals surface area contributed by atoms with Crippen molar-refractivity contribution < 1.29 is 4.79 Å². The molecule has 17 heavy (non-hydrogen) atoms. The van der Waals surface area contributed by atoms with Gasteiger partial charge in [-0.2, -0.15) is 0 Å². The number of hydrogen-bond acceptors (Lipinski definition) is 1. The Balaban J connectivity index is 3.14. The Labute approximate surface area is 111 Å². The average molecular weight is 354 g/mol. The first-order valence-corrected chi connectivity index (χ1v) is 21.2. The minimum absolute atomic E-state index is 0.400. The van der Waals surface area contributed by atoms with Crippen LogP contribution in [0.25, 0.3) is 0 Å². The van der Waals surface area contributed by atoms with E-state index in [9.17, 15) is 4.79 Å². The molecule has 0 saturated heterocycles. The molecule has 0 atom stereocenters. The molecule has 0 aromatic heterocycles. The molecule has 0 N–H and O–H groups in total. The summed E-state index contributed by atoms with van der Waals surface area (Å²) in [5.41, 5.74) is 0.915. The van der Waals surface area contributed by atoms with E-state index in [4.69, 9.17) is 0 Å².